The molecule has 2 aliphatic heterocycles. The summed E-state index contributed by atoms with van der Waals surface area (Å²) in [5, 5.41) is 8.94. The van der Waals surface area contributed by atoms with Crippen LogP contribution in [0.2, 0.25) is 0 Å². The molecule has 1 N–H and O–H groups in total. The molecule has 2 saturated heterocycles. The molecule has 7 nitrogen and oxygen atoms in total. The van der Waals surface area contributed by atoms with Crippen LogP contribution < -0.4 is 0 Å². The van der Waals surface area contributed by atoms with Crippen molar-refractivity contribution in [3.63, 3.8) is 0 Å². The van der Waals surface area contributed by atoms with Gasteiger partial charge in [0.05, 0.1) is 25.3 Å². The second kappa shape index (κ2) is 8.42. The van der Waals surface area contributed by atoms with E-state index >= 15 is 0 Å². The van der Waals surface area contributed by atoms with Crippen molar-refractivity contribution in [3.05, 3.63) is 35.4 Å². The molecule has 1 amide bonds. The average Bonchev–Trinajstić information content (AvgIpc) is 2.63. The van der Waals surface area contributed by atoms with Crippen molar-refractivity contribution in [3.8, 4) is 0 Å². The van der Waals surface area contributed by atoms with Crippen molar-refractivity contribution in [1.29, 1.82) is 0 Å². The third-order valence-electron chi connectivity index (χ3n) is 4.79. The largest absolute Gasteiger partial charge is 0.478 e. The highest BCUT2D eigenvalue weighted by Gasteiger charge is 2.23. The Balaban J connectivity index is 1.43. The van der Waals surface area contributed by atoms with E-state index < -0.39 is 5.97 Å². The minimum atomic E-state index is -0.904. The predicted molar refractivity (Wildman–Crippen MR) is 92.5 cm³/mol. The van der Waals surface area contributed by atoms with Gasteiger partial charge in [0.15, 0.2) is 0 Å². The van der Waals surface area contributed by atoms with E-state index in [1.807, 2.05) is 17.0 Å². The maximum Gasteiger partial charge on any atom is 0.335 e. The Bertz CT molecular complexity index is 591. The SMILES string of the molecule is O=C(O)c1ccc(CN2CCN(C(=O)CN3CCOCC3)CC2)cc1. The van der Waals surface area contributed by atoms with Gasteiger partial charge in [-0.3, -0.25) is 14.6 Å². The fraction of sp³-hybridized carbons (Fsp3) is 0.556. The van der Waals surface area contributed by atoms with Crippen LogP contribution in [0.4, 0.5) is 0 Å². The zero-order chi connectivity index (χ0) is 17.6. The van der Waals surface area contributed by atoms with Gasteiger partial charge in [0.25, 0.3) is 0 Å². The van der Waals surface area contributed by atoms with Crippen LogP contribution in [0.15, 0.2) is 24.3 Å². The van der Waals surface area contributed by atoms with Crippen LogP contribution in [0, 0.1) is 0 Å². The molecule has 2 heterocycles. The lowest BCUT2D eigenvalue weighted by atomic mass is 10.1. The number of hydrogen-bond acceptors (Lipinski definition) is 5. The van der Waals surface area contributed by atoms with Gasteiger partial charge < -0.3 is 14.7 Å². The normalized spacial score (nSPS) is 19.8. The monoisotopic (exact) mass is 347 g/mol. The summed E-state index contributed by atoms with van der Waals surface area (Å²) < 4.78 is 5.31. The molecule has 0 bridgehead atoms. The first-order valence-electron chi connectivity index (χ1n) is 8.74. The molecule has 2 fully saturated rings. The van der Waals surface area contributed by atoms with E-state index in [2.05, 4.69) is 9.80 Å². The highest BCUT2D eigenvalue weighted by molar-refractivity contribution is 5.87. The summed E-state index contributed by atoms with van der Waals surface area (Å²) in [6.07, 6.45) is 0. The molecule has 0 aromatic heterocycles. The summed E-state index contributed by atoms with van der Waals surface area (Å²) in [5.74, 6) is -0.702. The van der Waals surface area contributed by atoms with Crippen molar-refractivity contribution >= 4 is 11.9 Å². The first-order valence-corrected chi connectivity index (χ1v) is 8.74. The molecule has 1 aromatic rings. The number of carboxylic acid groups (broad SMARTS) is 1. The number of amides is 1. The fourth-order valence-electron chi connectivity index (χ4n) is 3.22. The summed E-state index contributed by atoms with van der Waals surface area (Å²) in [7, 11) is 0. The molecular formula is C18H25N3O4. The molecule has 2 aliphatic rings. The quantitative estimate of drug-likeness (QED) is 0.829. The number of nitrogens with zero attached hydrogens (tertiary/aromatic N) is 3. The van der Waals surface area contributed by atoms with E-state index in [-0.39, 0.29) is 5.91 Å². The molecule has 0 atom stereocenters. The van der Waals surface area contributed by atoms with Crippen LogP contribution in [0.5, 0.6) is 0 Å². The van der Waals surface area contributed by atoms with Crippen molar-refractivity contribution in [2.45, 2.75) is 6.54 Å². The van der Waals surface area contributed by atoms with Gasteiger partial charge in [0, 0.05) is 45.8 Å². The minimum Gasteiger partial charge on any atom is -0.478 e. The third-order valence-corrected chi connectivity index (χ3v) is 4.79. The average molecular weight is 347 g/mol. The lowest BCUT2D eigenvalue weighted by molar-refractivity contribution is -0.135. The van der Waals surface area contributed by atoms with Crippen molar-refractivity contribution in [2.75, 3.05) is 59.0 Å². The van der Waals surface area contributed by atoms with E-state index in [1.54, 1.807) is 12.1 Å². The van der Waals surface area contributed by atoms with Gasteiger partial charge in [0.1, 0.15) is 0 Å². The Hall–Kier alpha value is -1.96. The van der Waals surface area contributed by atoms with Gasteiger partial charge in [-0.15, -0.1) is 0 Å². The van der Waals surface area contributed by atoms with Crippen LogP contribution in [-0.2, 0) is 16.1 Å². The Kier molecular flexibility index (Phi) is 6.01. The van der Waals surface area contributed by atoms with Crippen molar-refractivity contribution in [2.24, 2.45) is 0 Å². The first kappa shape index (κ1) is 17.8. The number of aromatic carboxylic acids is 1. The molecule has 1 aromatic carbocycles. The van der Waals surface area contributed by atoms with Crippen LogP contribution in [0.3, 0.4) is 0 Å². The van der Waals surface area contributed by atoms with Gasteiger partial charge in [-0.2, -0.15) is 0 Å². The number of rotatable bonds is 5. The van der Waals surface area contributed by atoms with E-state index in [0.717, 1.165) is 51.4 Å². The zero-order valence-corrected chi connectivity index (χ0v) is 14.4. The number of carbonyl (C=O) groups excluding carboxylic acids is 1. The molecule has 7 heteroatoms. The van der Waals surface area contributed by atoms with Crippen molar-refractivity contribution < 1.29 is 19.4 Å². The highest BCUT2D eigenvalue weighted by atomic mass is 16.5. The summed E-state index contributed by atoms with van der Waals surface area (Å²) in [5.41, 5.74) is 1.40. The van der Waals surface area contributed by atoms with E-state index in [9.17, 15) is 9.59 Å². The molecule has 0 radical (unpaired) electrons. The maximum atomic E-state index is 12.4. The number of ether oxygens (including phenoxy) is 1. The van der Waals surface area contributed by atoms with Gasteiger partial charge in [-0.05, 0) is 17.7 Å². The topological polar surface area (TPSA) is 73.3 Å². The summed E-state index contributed by atoms with van der Waals surface area (Å²) in [6, 6.07) is 7.00. The van der Waals surface area contributed by atoms with Gasteiger partial charge >= 0.3 is 5.97 Å². The summed E-state index contributed by atoms with van der Waals surface area (Å²) in [4.78, 5) is 29.7. The van der Waals surface area contributed by atoms with Gasteiger partial charge in [-0.25, -0.2) is 4.79 Å². The van der Waals surface area contributed by atoms with Crippen LogP contribution in [0.25, 0.3) is 0 Å². The zero-order valence-electron chi connectivity index (χ0n) is 14.4. The lowest BCUT2D eigenvalue weighted by Crippen LogP contribution is -2.51. The molecule has 25 heavy (non-hydrogen) atoms. The fourth-order valence-corrected chi connectivity index (χ4v) is 3.22. The second-order valence-corrected chi connectivity index (χ2v) is 6.55. The van der Waals surface area contributed by atoms with Crippen LogP contribution in [-0.4, -0.2) is 90.7 Å². The molecule has 0 unspecified atom stereocenters. The molecule has 3 rings (SSSR count). The molecule has 0 aliphatic carbocycles. The Morgan fingerprint density at radius 1 is 0.920 bits per heavy atom. The Morgan fingerprint density at radius 2 is 1.56 bits per heavy atom. The molecule has 136 valence electrons. The Morgan fingerprint density at radius 3 is 2.16 bits per heavy atom. The van der Waals surface area contributed by atoms with E-state index in [4.69, 9.17) is 9.84 Å². The van der Waals surface area contributed by atoms with Gasteiger partial charge in [0.2, 0.25) is 5.91 Å². The molecular weight excluding hydrogens is 322 g/mol. The minimum absolute atomic E-state index is 0.201. The number of carboxylic acids is 1. The smallest absolute Gasteiger partial charge is 0.335 e. The molecule has 0 saturated carbocycles. The van der Waals surface area contributed by atoms with Gasteiger partial charge in [-0.1, -0.05) is 12.1 Å². The summed E-state index contributed by atoms with van der Waals surface area (Å²) in [6.45, 7) is 7.53. The third kappa shape index (κ3) is 5.01. The Labute approximate surface area is 147 Å². The number of hydrogen-bond donors (Lipinski definition) is 1. The van der Waals surface area contributed by atoms with E-state index in [0.29, 0.717) is 25.3 Å². The molecule has 0 spiro atoms. The van der Waals surface area contributed by atoms with Crippen LogP contribution in [0.1, 0.15) is 15.9 Å². The van der Waals surface area contributed by atoms with Crippen molar-refractivity contribution in [1.82, 2.24) is 14.7 Å². The van der Waals surface area contributed by atoms with E-state index in [1.165, 1.54) is 0 Å². The number of benzene rings is 1. The lowest BCUT2D eigenvalue weighted by Gasteiger charge is -2.36. The standard InChI is InChI=1S/C18H25N3O4/c22-17(14-20-9-11-25-12-10-20)21-7-5-19(6-8-21)13-15-1-3-16(4-2-15)18(23)24/h1-4H,5-14H2,(H,23,24). The number of carbonyl (C=O) groups is 2. The predicted octanol–water partition coefficient (Wildman–Crippen LogP) is 0.361. The van der Waals surface area contributed by atoms with Crippen LogP contribution >= 0.6 is 0 Å². The maximum absolute atomic E-state index is 12.4. The highest BCUT2D eigenvalue weighted by Crippen LogP contribution is 2.11. The number of morpholine rings is 1. The number of piperazine rings is 1. The second-order valence-electron chi connectivity index (χ2n) is 6.55. The summed E-state index contributed by atoms with van der Waals surface area (Å²) >= 11 is 0. The first-order chi connectivity index (χ1) is 12.1.